The number of H-pyrrole nitrogens is 1. The molecule has 2 heterocycles. The number of halogens is 1. The Bertz CT molecular complexity index is 601. The van der Waals surface area contributed by atoms with Gasteiger partial charge in [-0.1, -0.05) is 6.92 Å². The van der Waals surface area contributed by atoms with Gasteiger partial charge in [0.2, 0.25) is 0 Å². The number of aromatic amines is 1. The van der Waals surface area contributed by atoms with Gasteiger partial charge in [-0.25, -0.2) is 9.97 Å². The molecule has 0 aromatic carbocycles. The van der Waals surface area contributed by atoms with Crippen LogP contribution in [0.3, 0.4) is 0 Å². The summed E-state index contributed by atoms with van der Waals surface area (Å²) in [6.45, 7) is 6.36. The van der Waals surface area contributed by atoms with Gasteiger partial charge in [0, 0.05) is 17.2 Å². The number of nitrogens with zero attached hydrogens (tertiary/aromatic N) is 4. The van der Waals surface area contributed by atoms with Crippen LogP contribution in [0.2, 0.25) is 0 Å². The summed E-state index contributed by atoms with van der Waals surface area (Å²) in [6, 6.07) is 4.22. The van der Waals surface area contributed by atoms with Gasteiger partial charge in [-0.15, -0.1) is 0 Å². The number of nitriles is 1. The Hall–Kier alpha value is -1.45. The number of fused-ring (bicyclic) bond motifs is 1. The predicted octanol–water partition coefficient (Wildman–Crippen LogP) is 2.70. The maximum absolute atomic E-state index is 8.87. The van der Waals surface area contributed by atoms with Crippen molar-refractivity contribution in [1.29, 1.82) is 5.26 Å². The van der Waals surface area contributed by atoms with Crippen molar-refractivity contribution in [3.05, 3.63) is 22.6 Å². The van der Waals surface area contributed by atoms with Crippen LogP contribution in [0.1, 0.15) is 19.7 Å². The van der Waals surface area contributed by atoms with Crippen molar-refractivity contribution in [3.8, 4) is 6.07 Å². The van der Waals surface area contributed by atoms with Gasteiger partial charge in [-0.3, -0.25) is 4.90 Å². The normalized spacial score (nSPS) is 12.8. The Morgan fingerprint density at radius 3 is 3.05 bits per heavy atom. The fraction of sp³-hybridized carbons (Fsp3) is 0.462. The van der Waals surface area contributed by atoms with Crippen LogP contribution in [0.25, 0.3) is 11.2 Å². The van der Waals surface area contributed by atoms with Gasteiger partial charge in [0.05, 0.1) is 24.0 Å². The largest absolute Gasteiger partial charge is 0.339 e. The second-order valence-electron chi connectivity index (χ2n) is 4.57. The van der Waals surface area contributed by atoms with Gasteiger partial charge in [0.1, 0.15) is 5.82 Å². The molecule has 0 radical (unpaired) electrons. The lowest BCUT2D eigenvalue weighted by atomic mass is 10.2. The molecule has 0 aliphatic carbocycles. The van der Waals surface area contributed by atoms with E-state index in [-0.39, 0.29) is 5.92 Å². The molecular weight excluding hydrogens is 306 g/mol. The summed E-state index contributed by atoms with van der Waals surface area (Å²) in [5.74, 6) is 0.907. The number of imidazole rings is 1. The first-order valence-corrected chi connectivity index (χ1v) is 7.03. The number of aromatic nitrogens is 3. The summed E-state index contributed by atoms with van der Waals surface area (Å²) in [4.78, 5) is 14.2. The molecule has 2 rings (SSSR count). The van der Waals surface area contributed by atoms with E-state index >= 15 is 0 Å². The number of hydrogen-bond donors (Lipinski definition) is 1. The molecule has 0 saturated heterocycles. The fourth-order valence-corrected chi connectivity index (χ4v) is 2.28. The molecule has 0 amide bonds. The second-order valence-corrected chi connectivity index (χ2v) is 5.48. The van der Waals surface area contributed by atoms with Gasteiger partial charge in [0.25, 0.3) is 0 Å². The lowest BCUT2D eigenvalue weighted by Crippen LogP contribution is -2.28. The zero-order chi connectivity index (χ0) is 13.8. The molecule has 0 unspecified atom stereocenters. The van der Waals surface area contributed by atoms with Crippen molar-refractivity contribution in [2.45, 2.75) is 20.4 Å². The van der Waals surface area contributed by atoms with E-state index in [0.29, 0.717) is 6.54 Å². The molecule has 1 atom stereocenters. The molecule has 0 fully saturated rings. The Morgan fingerprint density at radius 2 is 2.37 bits per heavy atom. The summed E-state index contributed by atoms with van der Waals surface area (Å²) in [6.07, 6.45) is 1.74. The maximum Gasteiger partial charge on any atom is 0.177 e. The summed E-state index contributed by atoms with van der Waals surface area (Å²) >= 11 is 3.39. The summed E-state index contributed by atoms with van der Waals surface area (Å²) in [7, 11) is 0. The van der Waals surface area contributed by atoms with E-state index in [1.54, 1.807) is 6.20 Å². The minimum absolute atomic E-state index is 0.0246. The second kappa shape index (κ2) is 6.13. The van der Waals surface area contributed by atoms with Gasteiger partial charge >= 0.3 is 0 Å². The SMILES string of the molecule is CCN(Cc1nc2ncc(Br)cc2[nH]1)C[C@H](C)C#N. The number of pyridine rings is 1. The van der Waals surface area contributed by atoms with E-state index in [1.807, 2.05) is 13.0 Å². The molecule has 6 heteroatoms. The first kappa shape index (κ1) is 14.0. The molecule has 5 nitrogen and oxygen atoms in total. The third-order valence-corrected chi connectivity index (χ3v) is 3.36. The van der Waals surface area contributed by atoms with Crippen LogP contribution in [-0.4, -0.2) is 32.9 Å². The van der Waals surface area contributed by atoms with Crippen molar-refractivity contribution in [2.24, 2.45) is 5.92 Å². The Balaban J connectivity index is 2.13. The molecule has 0 aliphatic rings. The molecule has 0 bridgehead atoms. The van der Waals surface area contributed by atoms with Crippen LogP contribution in [0.15, 0.2) is 16.7 Å². The zero-order valence-corrected chi connectivity index (χ0v) is 12.6. The topological polar surface area (TPSA) is 68.6 Å². The molecule has 0 saturated carbocycles. The first-order chi connectivity index (χ1) is 9.12. The highest BCUT2D eigenvalue weighted by molar-refractivity contribution is 9.10. The van der Waals surface area contributed by atoms with E-state index in [2.05, 4.69) is 48.8 Å². The molecule has 0 spiro atoms. The Labute approximate surface area is 120 Å². The van der Waals surface area contributed by atoms with Crippen LogP contribution in [0.5, 0.6) is 0 Å². The number of nitrogens with one attached hydrogen (secondary N) is 1. The van der Waals surface area contributed by atoms with Gasteiger partial charge in [-0.05, 0) is 35.5 Å². The third kappa shape index (κ3) is 3.52. The standard InChI is InChI=1S/C13H16BrN5/c1-3-19(7-9(2)5-15)8-12-17-11-4-10(14)6-16-13(11)18-12/h4,6,9H,3,7-8H2,1-2H3,(H,16,17,18)/t9-/m1/s1. The number of hydrogen-bond acceptors (Lipinski definition) is 4. The molecule has 2 aromatic heterocycles. The molecule has 1 N–H and O–H groups in total. The van der Waals surface area contributed by atoms with Crippen LogP contribution in [0.4, 0.5) is 0 Å². The van der Waals surface area contributed by atoms with Crippen molar-refractivity contribution in [3.63, 3.8) is 0 Å². The fourth-order valence-electron chi connectivity index (χ4n) is 1.94. The maximum atomic E-state index is 8.87. The molecule has 100 valence electrons. The number of rotatable bonds is 5. The van der Waals surface area contributed by atoms with E-state index in [0.717, 1.165) is 34.6 Å². The minimum atomic E-state index is 0.0246. The van der Waals surface area contributed by atoms with Crippen LogP contribution >= 0.6 is 15.9 Å². The highest BCUT2D eigenvalue weighted by Crippen LogP contribution is 2.16. The van der Waals surface area contributed by atoms with Crippen molar-refractivity contribution < 1.29 is 0 Å². The lowest BCUT2D eigenvalue weighted by Gasteiger charge is -2.19. The van der Waals surface area contributed by atoms with Crippen molar-refractivity contribution in [2.75, 3.05) is 13.1 Å². The van der Waals surface area contributed by atoms with Gasteiger partial charge in [0.15, 0.2) is 5.65 Å². The molecule has 2 aromatic rings. The van der Waals surface area contributed by atoms with Crippen LogP contribution in [0, 0.1) is 17.2 Å². The van der Waals surface area contributed by atoms with Crippen LogP contribution < -0.4 is 0 Å². The predicted molar refractivity (Wildman–Crippen MR) is 77.3 cm³/mol. The highest BCUT2D eigenvalue weighted by atomic mass is 79.9. The first-order valence-electron chi connectivity index (χ1n) is 6.24. The zero-order valence-electron chi connectivity index (χ0n) is 11.0. The quantitative estimate of drug-likeness (QED) is 0.919. The average Bonchev–Trinajstić information content (AvgIpc) is 2.79. The lowest BCUT2D eigenvalue weighted by molar-refractivity contribution is 0.255. The van der Waals surface area contributed by atoms with Crippen molar-refractivity contribution >= 4 is 27.1 Å². The van der Waals surface area contributed by atoms with Crippen molar-refractivity contribution in [1.82, 2.24) is 19.9 Å². The van der Waals surface area contributed by atoms with E-state index in [4.69, 9.17) is 5.26 Å². The summed E-state index contributed by atoms with van der Waals surface area (Å²) < 4.78 is 0.931. The minimum Gasteiger partial charge on any atom is -0.339 e. The third-order valence-electron chi connectivity index (χ3n) is 2.93. The van der Waals surface area contributed by atoms with Gasteiger partial charge in [-0.2, -0.15) is 5.26 Å². The summed E-state index contributed by atoms with van der Waals surface area (Å²) in [5.41, 5.74) is 1.65. The monoisotopic (exact) mass is 321 g/mol. The highest BCUT2D eigenvalue weighted by Gasteiger charge is 2.11. The molecular formula is C13H16BrN5. The van der Waals surface area contributed by atoms with E-state index < -0.39 is 0 Å². The molecule has 0 aliphatic heterocycles. The molecule has 19 heavy (non-hydrogen) atoms. The summed E-state index contributed by atoms with van der Waals surface area (Å²) in [5, 5.41) is 8.87. The smallest absolute Gasteiger partial charge is 0.177 e. The average molecular weight is 322 g/mol. The Morgan fingerprint density at radius 1 is 1.58 bits per heavy atom. The Kier molecular flexibility index (Phi) is 4.51. The van der Waals surface area contributed by atoms with Gasteiger partial charge < -0.3 is 4.98 Å². The van der Waals surface area contributed by atoms with E-state index in [9.17, 15) is 0 Å². The van der Waals surface area contributed by atoms with Crippen LogP contribution in [-0.2, 0) is 6.54 Å². The van der Waals surface area contributed by atoms with E-state index in [1.165, 1.54) is 0 Å².